The second-order valence-electron chi connectivity index (χ2n) is 4.22. The van der Waals surface area contributed by atoms with Crippen molar-refractivity contribution in [2.45, 2.75) is 18.9 Å². The van der Waals surface area contributed by atoms with Crippen LogP contribution in [0.2, 0.25) is 0 Å². The van der Waals surface area contributed by atoms with Gasteiger partial charge in [0.15, 0.2) is 0 Å². The Kier molecular flexibility index (Phi) is 4.76. The maximum absolute atomic E-state index is 11.9. The number of hydrogen-bond acceptors (Lipinski definition) is 3. The van der Waals surface area contributed by atoms with Crippen molar-refractivity contribution in [3.05, 3.63) is 24.3 Å². The molecule has 0 spiro atoms. The van der Waals surface area contributed by atoms with Gasteiger partial charge in [-0.1, -0.05) is 12.1 Å². The van der Waals surface area contributed by atoms with Crippen LogP contribution < -0.4 is 10.6 Å². The van der Waals surface area contributed by atoms with E-state index in [1.54, 1.807) is 24.3 Å². The maximum atomic E-state index is 11.9. The molecule has 1 fully saturated rings. The van der Waals surface area contributed by atoms with Crippen LogP contribution in [-0.4, -0.2) is 30.4 Å². The smallest absolute Gasteiger partial charge is 0.253 e. The van der Waals surface area contributed by atoms with Crippen molar-refractivity contribution in [2.75, 3.05) is 23.1 Å². The molecule has 0 aliphatic carbocycles. The van der Waals surface area contributed by atoms with Crippen LogP contribution >= 0.6 is 11.6 Å². The fourth-order valence-corrected chi connectivity index (χ4v) is 1.95. The number of para-hydroxylation sites is 2. The molecule has 6 heteroatoms. The summed E-state index contributed by atoms with van der Waals surface area (Å²) in [7, 11) is 0. The summed E-state index contributed by atoms with van der Waals surface area (Å²) in [5, 5.41) is 5.39. The number of anilines is 2. The Hall–Kier alpha value is -1.59. The van der Waals surface area contributed by atoms with Crippen LogP contribution in [0.5, 0.6) is 0 Å². The zero-order valence-corrected chi connectivity index (χ0v) is 11.1. The van der Waals surface area contributed by atoms with Crippen molar-refractivity contribution < 1.29 is 14.3 Å². The number of carbonyl (C=O) groups excluding carboxylic acids is 2. The second kappa shape index (κ2) is 6.54. The molecule has 2 N–H and O–H groups in total. The molecule has 5 nitrogen and oxygen atoms in total. The van der Waals surface area contributed by atoms with Crippen LogP contribution in [0.4, 0.5) is 11.4 Å². The third kappa shape index (κ3) is 3.68. The van der Waals surface area contributed by atoms with Crippen molar-refractivity contribution in [1.82, 2.24) is 0 Å². The third-order valence-corrected chi connectivity index (χ3v) is 3.05. The molecule has 0 saturated carbocycles. The summed E-state index contributed by atoms with van der Waals surface area (Å²) in [5.41, 5.74) is 1.07. The number of rotatable bonds is 4. The predicted molar refractivity (Wildman–Crippen MR) is 73.4 cm³/mol. The average molecular weight is 283 g/mol. The van der Waals surface area contributed by atoms with Gasteiger partial charge in [0.25, 0.3) is 5.91 Å². The molecule has 0 radical (unpaired) electrons. The molecule has 0 aromatic heterocycles. The lowest BCUT2D eigenvalue weighted by molar-refractivity contribution is -0.124. The van der Waals surface area contributed by atoms with Gasteiger partial charge in [0.2, 0.25) is 5.91 Å². The van der Waals surface area contributed by atoms with Crippen molar-refractivity contribution in [1.29, 1.82) is 0 Å². The minimum Gasteiger partial charge on any atom is -0.368 e. The molecule has 19 heavy (non-hydrogen) atoms. The van der Waals surface area contributed by atoms with Gasteiger partial charge < -0.3 is 15.4 Å². The Balaban J connectivity index is 2.06. The van der Waals surface area contributed by atoms with Crippen LogP contribution in [0.1, 0.15) is 12.8 Å². The summed E-state index contributed by atoms with van der Waals surface area (Å²) < 4.78 is 5.31. The van der Waals surface area contributed by atoms with E-state index < -0.39 is 6.10 Å². The SMILES string of the molecule is O=C(CCl)Nc1ccccc1NC(=O)[C@@H]1CCCO1. The molecule has 2 rings (SSSR count). The number of hydrogen-bond donors (Lipinski definition) is 2. The molecule has 1 heterocycles. The summed E-state index contributed by atoms with van der Waals surface area (Å²) in [6.45, 7) is 0.614. The summed E-state index contributed by atoms with van der Waals surface area (Å²) in [6, 6.07) is 6.97. The van der Waals surface area contributed by atoms with E-state index in [1.165, 1.54) is 0 Å². The summed E-state index contributed by atoms with van der Waals surface area (Å²) in [4.78, 5) is 23.2. The van der Waals surface area contributed by atoms with Crippen molar-refractivity contribution >= 4 is 34.8 Å². The van der Waals surface area contributed by atoms with E-state index in [0.717, 1.165) is 12.8 Å². The number of ether oxygens (including phenoxy) is 1. The largest absolute Gasteiger partial charge is 0.368 e. The van der Waals surface area contributed by atoms with Gasteiger partial charge in [-0.05, 0) is 25.0 Å². The van der Waals surface area contributed by atoms with Crippen molar-refractivity contribution in [2.24, 2.45) is 0 Å². The van der Waals surface area contributed by atoms with E-state index >= 15 is 0 Å². The average Bonchev–Trinajstić information content (AvgIpc) is 2.95. The second-order valence-corrected chi connectivity index (χ2v) is 4.49. The molecular weight excluding hydrogens is 268 g/mol. The van der Waals surface area contributed by atoms with E-state index in [4.69, 9.17) is 16.3 Å². The highest BCUT2D eigenvalue weighted by atomic mass is 35.5. The monoisotopic (exact) mass is 282 g/mol. The topological polar surface area (TPSA) is 67.4 Å². The third-order valence-electron chi connectivity index (χ3n) is 2.80. The first-order valence-corrected chi connectivity index (χ1v) is 6.61. The molecule has 1 aromatic rings. The standard InChI is InChI=1S/C13H15ClN2O3/c14-8-12(17)15-9-4-1-2-5-10(9)16-13(18)11-6-3-7-19-11/h1-2,4-5,11H,3,6-8H2,(H,15,17)(H,16,18)/t11-/m0/s1. The van der Waals surface area contributed by atoms with E-state index in [9.17, 15) is 9.59 Å². The van der Waals surface area contributed by atoms with Gasteiger partial charge in [-0.3, -0.25) is 9.59 Å². The highest BCUT2D eigenvalue weighted by molar-refractivity contribution is 6.29. The molecule has 1 saturated heterocycles. The van der Waals surface area contributed by atoms with Gasteiger partial charge in [-0.25, -0.2) is 0 Å². The van der Waals surface area contributed by atoms with Gasteiger partial charge >= 0.3 is 0 Å². The van der Waals surface area contributed by atoms with E-state index in [-0.39, 0.29) is 17.7 Å². The molecule has 102 valence electrons. The van der Waals surface area contributed by atoms with Crippen LogP contribution in [0.25, 0.3) is 0 Å². The number of benzene rings is 1. The van der Waals surface area contributed by atoms with Crippen molar-refractivity contribution in [3.63, 3.8) is 0 Å². The zero-order chi connectivity index (χ0) is 13.7. The van der Waals surface area contributed by atoms with E-state index in [2.05, 4.69) is 10.6 Å². The molecule has 0 unspecified atom stereocenters. The Morgan fingerprint density at radius 2 is 1.95 bits per heavy atom. The minimum atomic E-state index is -0.406. The van der Waals surface area contributed by atoms with Crippen LogP contribution in [0.15, 0.2) is 24.3 Å². The van der Waals surface area contributed by atoms with Crippen molar-refractivity contribution in [3.8, 4) is 0 Å². The summed E-state index contributed by atoms with van der Waals surface area (Å²) >= 11 is 5.44. The molecule has 1 atom stereocenters. The number of halogens is 1. The van der Waals surface area contributed by atoms with E-state index in [1.807, 2.05) is 0 Å². The maximum Gasteiger partial charge on any atom is 0.253 e. The first-order valence-electron chi connectivity index (χ1n) is 6.08. The fourth-order valence-electron chi connectivity index (χ4n) is 1.88. The predicted octanol–water partition coefficient (Wildman–Crippen LogP) is 1.98. The van der Waals surface area contributed by atoms with Crippen LogP contribution in [0.3, 0.4) is 0 Å². The van der Waals surface area contributed by atoms with Crippen LogP contribution in [-0.2, 0) is 14.3 Å². The van der Waals surface area contributed by atoms with Gasteiger partial charge in [0.05, 0.1) is 11.4 Å². The highest BCUT2D eigenvalue weighted by Gasteiger charge is 2.24. The molecule has 1 aliphatic rings. The lowest BCUT2D eigenvalue weighted by atomic mass is 10.2. The first kappa shape index (κ1) is 13.8. The molecule has 0 bridgehead atoms. The zero-order valence-electron chi connectivity index (χ0n) is 10.3. The number of alkyl halides is 1. The van der Waals surface area contributed by atoms with Gasteiger partial charge in [0, 0.05) is 6.61 Å². The number of nitrogens with one attached hydrogen (secondary N) is 2. The fraction of sp³-hybridized carbons (Fsp3) is 0.385. The van der Waals surface area contributed by atoms with Crippen LogP contribution in [0, 0.1) is 0 Å². The summed E-state index contributed by atoms with van der Waals surface area (Å²) in [6.07, 6.45) is 1.21. The Morgan fingerprint density at radius 3 is 2.53 bits per heavy atom. The lowest BCUT2D eigenvalue weighted by Gasteiger charge is -2.14. The Bertz CT molecular complexity index is 473. The lowest BCUT2D eigenvalue weighted by Crippen LogP contribution is -2.27. The minimum absolute atomic E-state index is 0.131. The number of amides is 2. The Morgan fingerprint density at radius 1 is 1.26 bits per heavy atom. The number of carbonyl (C=O) groups is 2. The van der Waals surface area contributed by atoms with E-state index in [0.29, 0.717) is 18.0 Å². The molecular formula is C13H15ClN2O3. The quantitative estimate of drug-likeness (QED) is 0.830. The molecule has 1 aromatic carbocycles. The van der Waals surface area contributed by atoms with Gasteiger partial charge in [-0.2, -0.15) is 0 Å². The molecule has 2 amide bonds. The normalized spacial score (nSPS) is 18.1. The van der Waals surface area contributed by atoms with Gasteiger partial charge in [0.1, 0.15) is 12.0 Å². The first-order chi connectivity index (χ1) is 9.20. The van der Waals surface area contributed by atoms with Gasteiger partial charge in [-0.15, -0.1) is 11.6 Å². The Labute approximate surface area is 116 Å². The highest BCUT2D eigenvalue weighted by Crippen LogP contribution is 2.22. The molecule has 1 aliphatic heterocycles. The summed E-state index contributed by atoms with van der Waals surface area (Å²) in [5.74, 6) is -0.640.